The minimum atomic E-state index is -2.79. The fraction of sp³-hybridized carbons (Fsp3) is 1.00. The lowest BCUT2D eigenvalue weighted by molar-refractivity contribution is 0.250. The van der Waals surface area contributed by atoms with Crippen molar-refractivity contribution >= 4 is 21.4 Å². The van der Waals surface area contributed by atoms with E-state index in [0.29, 0.717) is 6.42 Å². The third kappa shape index (κ3) is 5.33. The van der Waals surface area contributed by atoms with Gasteiger partial charge in [-0.3, -0.25) is 0 Å². The van der Waals surface area contributed by atoms with Crippen molar-refractivity contribution in [1.29, 1.82) is 0 Å². The van der Waals surface area contributed by atoms with Gasteiger partial charge in [-0.2, -0.15) is 0 Å². The van der Waals surface area contributed by atoms with Crippen molar-refractivity contribution in [2.24, 2.45) is 5.92 Å². The summed E-state index contributed by atoms with van der Waals surface area (Å²) in [5.74, 6) is -0.573. The molecule has 0 saturated carbocycles. The van der Waals surface area contributed by atoms with Gasteiger partial charge in [-0.15, -0.1) is 0 Å². The van der Waals surface area contributed by atoms with Crippen LogP contribution in [0.2, 0.25) is 0 Å². The lowest BCUT2D eigenvalue weighted by Crippen LogP contribution is -2.35. The summed E-state index contributed by atoms with van der Waals surface area (Å²) in [5, 5.41) is 15.9. The zero-order chi connectivity index (χ0) is 13.4. The Kier molecular flexibility index (Phi) is 8.75. The first kappa shape index (κ1) is 16.8. The van der Waals surface area contributed by atoms with E-state index in [2.05, 4.69) is 0 Å². The van der Waals surface area contributed by atoms with Crippen molar-refractivity contribution in [1.82, 2.24) is 0 Å². The maximum absolute atomic E-state index is 11.1. The van der Waals surface area contributed by atoms with Gasteiger partial charge in [-0.05, 0) is 18.8 Å². The van der Waals surface area contributed by atoms with Gasteiger partial charge in [0.1, 0.15) is 21.4 Å². The summed E-state index contributed by atoms with van der Waals surface area (Å²) in [6.07, 6.45) is 0.437. The minimum Gasteiger partial charge on any atom is -0.396 e. The van der Waals surface area contributed by atoms with Crippen LogP contribution in [0.3, 0.4) is 0 Å². The summed E-state index contributed by atoms with van der Waals surface area (Å²) in [5.41, 5.74) is 0. The fourth-order valence-corrected chi connectivity index (χ4v) is 4.27. The average Bonchev–Trinajstić information content (AvgIpc) is 2.26. The number of hydrogen-bond donors (Lipinski definition) is 4. The van der Waals surface area contributed by atoms with Crippen molar-refractivity contribution in [3.05, 3.63) is 0 Å². The molecule has 0 fully saturated rings. The largest absolute Gasteiger partial charge is 0.396 e. The van der Waals surface area contributed by atoms with Gasteiger partial charge in [0.05, 0.1) is 10.5 Å². The van der Waals surface area contributed by atoms with Gasteiger partial charge in [-0.1, -0.05) is 13.3 Å². The molecule has 0 amide bonds. The summed E-state index contributed by atoms with van der Waals surface area (Å²) >= 11 is 0. The van der Waals surface area contributed by atoms with Crippen LogP contribution < -0.4 is 0 Å². The molecule has 2 unspecified atom stereocenters. The first-order chi connectivity index (χ1) is 7.99. The Hall–Kier alpha value is -0.180. The van der Waals surface area contributed by atoms with Crippen LogP contribution >= 0.6 is 0 Å². The summed E-state index contributed by atoms with van der Waals surface area (Å²) in [7, 11) is -5.58. The van der Waals surface area contributed by atoms with E-state index >= 15 is 0 Å². The van der Waals surface area contributed by atoms with Crippen LogP contribution in [-0.2, 0) is 21.4 Å². The predicted molar refractivity (Wildman–Crippen MR) is 65.4 cm³/mol. The van der Waals surface area contributed by atoms with E-state index in [1.54, 1.807) is 6.92 Å². The average molecular weight is 288 g/mol. The maximum atomic E-state index is 11.1. The van der Waals surface area contributed by atoms with Crippen molar-refractivity contribution in [3.8, 4) is 0 Å². The number of aliphatic hydroxyl groups excluding tert-OH is 2. The van der Waals surface area contributed by atoms with Crippen LogP contribution in [0.4, 0.5) is 0 Å². The molecule has 0 saturated heterocycles. The van der Waals surface area contributed by atoms with Gasteiger partial charge in [0, 0.05) is 13.2 Å². The van der Waals surface area contributed by atoms with E-state index in [1.807, 2.05) is 0 Å². The molecule has 17 heavy (non-hydrogen) atoms. The van der Waals surface area contributed by atoms with E-state index in [4.69, 9.17) is 10.2 Å². The van der Waals surface area contributed by atoms with Crippen LogP contribution in [0, 0.1) is 5.92 Å². The van der Waals surface area contributed by atoms with E-state index < -0.39 is 37.8 Å². The van der Waals surface area contributed by atoms with Crippen molar-refractivity contribution in [3.63, 3.8) is 0 Å². The van der Waals surface area contributed by atoms with Crippen molar-refractivity contribution in [2.75, 3.05) is 13.2 Å². The molecule has 0 spiro atoms. The number of thiol groups is 2. The smallest absolute Gasteiger partial charge is 0.143 e. The Balaban J connectivity index is 5.08. The molecule has 0 aromatic rings. The third-order valence-electron chi connectivity index (χ3n) is 2.85. The molecule has 0 aliphatic carbocycles. The summed E-state index contributed by atoms with van der Waals surface area (Å²) < 4.78 is 44.4. The fourth-order valence-electron chi connectivity index (χ4n) is 2.02. The Morgan fingerprint density at radius 1 is 0.882 bits per heavy atom. The highest BCUT2D eigenvalue weighted by Gasteiger charge is 2.31. The zero-order valence-electron chi connectivity index (χ0n) is 9.69. The summed E-state index contributed by atoms with van der Waals surface area (Å²) in [6, 6.07) is 0. The van der Waals surface area contributed by atoms with Crippen LogP contribution in [0.15, 0.2) is 0 Å². The molecule has 0 aliphatic heterocycles. The highest BCUT2D eigenvalue weighted by Crippen LogP contribution is 2.23. The van der Waals surface area contributed by atoms with Crippen LogP contribution in [0.5, 0.6) is 0 Å². The highest BCUT2D eigenvalue weighted by atomic mass is 32.2. The molecule has 0 radical (unpaired) electrons. The lowest BCUT2D eigenvalue weighted by Gasteiger charge is -2.25. The molecule has 0 heterocycles. The molecule has 0 bridgehead atoms. The second-order valence-electron chi connectivity index (χ2n) is 3.80. The Morgan fingerprint density at radius 2 is 1.24 bits per heavy atom. The molecule has 0 aromatic carbocycles. The molecule has 2 atom stereocenters. The first-order valence-corrected chi connectivity index (χ1v) is 7.97. The van der Waals surface area contributed by atoms with Gasteiger partial charge in [0.2, 0.25) is 0 Å². The van der Waals surface area contributed by atoms with E-state index in [0.717, 1.165) is 0 Å². The van der Waals surface area contributed by atoms with Crippen LogP contribution in [0.25, 0.3) is 0 Å². The lowest BCUT2D eigenvalue weighted by atomic mass is 9.94. The highest BCUT2D eigenvalue weighted by molar-refractivity contribution is 7.74. The van der Waals surface area contributed by atoms with Gasteiger partial charge in [-0.25, -0.2) is 16.8 Å². The monoisotopic (exact) mass is 288 g/mol. The first-order valence-electron chi connectivity index (χ1n) is 5.48. The number of rotatable bonds is 9. The molecule has 0 rings (SSSR count). The molecule has 2 N–H and O–H groups in total. The normalized spacial score (nSPS) is 17.2. The van der Waals surface area contributed by atoms with Crippen LogP contribution in [-0.4, -0.2) is 50.8 Å². The quantitative estimate of drug-likeness (QED) is 0.394. The molecule has 8 heteroatoms. The van der Waals surface area contributed by atoms with Gasteiger partial charge >= 0.3 is 0 Å². The SMILES string of the molecule is CCC(C(CCO)[SH](=O)=O)C(CCO)[SH](=O)=O. The molecule has 0 aromatic heterocycles. The van der Waals surface area contributed by atoms with Crippen molar-refractivity contribution in [2.45, 2.75) is 36.7 Å². The standard InChI is InChI=1S/C9H20O6S2/c1-2-7(8(3-5-10)16(12)13)9(4-6-11)17(14)15/h7-11,16-17H,2-6H2,1H3. The maximum Gasteiger partial charge on any atom is 0.143 e. The van der Waals surface area contributed by atoms with Gasteiger partial charge in [0.15, 0.2) is 0 Å². The summed E-state index contributed by atoms with van der Waals surface area (Å²) in [4.78, 5) is 0. The van der Waals surface area contributed by atoms with Crippen LogP contribution in [0.1, 0.15) is 26.2 Å². The molecule has 104 valence electrons. The molecular formula is C9H20O6S2. The number of aliphatic hydroxyl groups is 2. The second kappa shape index (κ2) is 8.84. The molecular weight excluding hydrogens is 268 g/mol. The Labute approximate surface area is 105 Å². The minimum absolute atomic E-state index is 0.0301. The zero-order valence-corrected chi connectivity index (χ0v) is 11.5. The van der Waals surface area contributed by atoms with Gasteiger partial charge in [0.25, 0.3) is 0 Å². The molecule has 0 aliphatic rings. The number of hydrogen-bond acceptors (Lipinski definition) is 6. The predicted octanol–water partition coefficient (Wildman–Crippen LogP) is -1.26. The Morgan fingerprint density at radius 3 is 1.41 bits per heavy atom. The third-order valence-corrected chi connectivity index (χ3v) is 5.22. The van der Waals surface area contributed by atoms with E-state index in [-0.39, 0.29) is 26.1 Å². The van der Waals surface area contributed by atoms with Crippen molar-refractivity contribution < 1.29 is 27.0 Å². The van der Waals surface area contributed by atoms with E-state index in [9.17, 15) is 16.8 Å². The topological polar surface area (TPSA) is 109 Å². The second-order valence-corrected chi connectivity index (χ2v) is 6.27. The Bertz CT molecular complexity index is 301. The molecule has 6 nitrogen and oxygen atoms in total. The summed E-state index contributed by atoms with van der Waals surface area (Å²) in [6.45, 7) is 1.11. The van der Waals surface area contributed by atoms with Gasteiger partial charge < -0.3 is 10.2 Å². The van der Waals surface area contributed by atoms with E-state index in [1.165, 1.54) is 0 Å².